The Hall–Kier alpha value is -0.123. The molecule has 1 atom stereocenters. The summed E-state index contributed by atoms with van der Waals surface area (Å²) in [5, 5.41) is 3.69. The summed E-state index contributed by atoms with van der Waals surface area (Å²) in [6.07, 6.45) is 1.18. The molecule has 0 aliphatic carbocycles. The standard InChI is InChI=1S/C17H30BrNSi/c1-17(2,3)19-12-15(13-20(4,5)6)11-14-7-9-16(18)10-8-14/h7-10,15,19H,11-13H2,1-6H3. The van der Waals surface area contributed by atoms with E-state index in [1.54, 1.807) is 0 Å². The van der Waals surface area contributed by atoms with E-state index < -0.39 is 8.07 Å². The van der Waals surface area contributed by atoms with Gasteiger partial charge in [-0.1, -0.05) is 53.7 Å². The maximum absolute atomic E-state index is 3.69. The van der Waals surface area contributed by atoms with Crippen molar-refractivity contribution < 1.29 is 0 Å². The smallest absolute Gasteiger partial charge is 0.0446 e. The van der Waals surface area contributed by atoms with Crippen LogP contribution in [-0.4, -0.2) is 20.2 Å². The molecule has 0 saturated heterocycles. The second kappa shape index (κ2) is 7.23. The Kier molecular flexibility index (Phi) is 6.48. The van der Waals surface area contributed by atoms with Crippen LogP contribution in [0.2, 0.25) is 25.7 Å². The summed E-state index contributed by atoms with van der Waals surface area (Å²) < 4.78 is 1.16. The van der Waals surface area contributed by atoms with E-state index in [0.717, 1.165) is 16.9 Å². The van der Waals surface area contributed by atoms with E-state index in [4.69, 9.17) is 0 Å². The Balaban J connectivity index is 2.69. The highest BCUT2D eigenvalue weighted by molar-refractivity contribution is 9.10. The predicted octanol–water partition coefficient (Wildman–Crippen LogP) is 5.33. The van der Waals surface area contributed by atoms with Gasteiger partial charge in [0.1, 0.15) is 0 Å². The molecule has 0 aliphatic heterocycles. The van der Waals surface area contributed by atoms with Crippen LogP contribution in [0.25, 0.3) is 0 Å². The van der Waals surface area contributed by atoms with Gasteiger partial charge in [-0.25, -0.2) is 0 Å². The molecule has 1 nitrogen and oxygen atoms in total. The first-order chi connectivity index (χ1) is 9.05. The molecule has 20 heavy (non-hydrogen) atoms. The first kappa shape index (κ1) is 17.9. The normalized spacial score (nSPS) is 14.3. The molecule has 1 rings (SSSR count). The molecular weight excluding hydrogens is 326 g/mol. The van der Waals surface area contributed by atoms with E-state index in [2.05, 4.69) is 85.9 Å². The van der Waals surface area contributed by atoms with Crippen LogP contribution >= 0.6 is 15.9 Å². The van der Waals surface area contributed by atoms with E-state index in [1.165, 1.54) is 18.0 Å². The second-order valence-electron chi connectivity index (χ2n) is 8.09. The van der Waals surface area contributed by atoms with Gasteiger partial charge in [-0.15, -0.1) is 0 Å². The zero-order valence-corrected chi connectivity index (χ0v) is 16.5. The molecule has 0 bridgehead atoms. The monoisotopic (exact) mass is 355 g/mol. The van der Waals surface area contributed by atoms with E-state index in [-0.39, 0.29) is 5.54 Å². The van der Waals surface area contributed by atoms with Gasteiger partial charge in [-0.2, -0.15) is 0 Å². The lowest BCUT2D eigenvalue weighted by Gasteiger charge is -2.29. The largest absolute Gasteiger partial charge is 0.312 e. The summed E-state index contributed by atoms with van der Waals surface area (Å²) >= 11 is 3.51. The quantitative estimate of drug-likeness (QED) is 0.679. The van der Waals surface area contributed by atoms with Crippen molar-refractivity contribution in [3.63, 3.8) is 0 Å². The summed E-state index contributed by atoms with van der Waals surface area (Å²) in [4.78, 5) is 0. The van der Waals surface area contributed by atoms with Crippen molar-refractivity contribution >= 4 is 24.0 Å². The summed E-state index contributed by atoms with van der Waals surface area (Å²) in [5.41, 5.74) is 1.66. The molecule has 0 saturated carbocycles. The Labute approximate surface area is 134 Å². The highest BCUT2D eigenvalue weighted by Gasteiger charge is 2.22. The molecule has 1 aromatic carbocycles. The van der Waals surface area contributed by atoms with Crippen molar-refractivity contribution in [3.05, 3.63) is 34.3 Å². The zero-order chi connectivity index (χ0) is 15.4. The summed E-state index contributed by atoms with van der Waals surface area (Å²) in [6, 6.07) is 10.2. The molecule has 0 heterocycles. The third-order valence-electron chi connectivity index (χ3n) is 3.26. The molecule has 0 aromatic heterocycles. The van der Waals surface area contributed by atoms with E-state index in [9.17, 15) is 0 Å². The van der Waals surface area contributed by atoms with Crippen LogP contribution < -0.4 is 5.32 Å². The fourth-order valence-corrected chi connectivity index (χ4v) is 4.77. The number of rotatable bonds is 6. The Morgan fingerprint density at radius 1 is 1.10 bits per heavy atom. The minimum atomic E-state index is -1.03. The van der Waals surface area contributed by atoms with Crippen LogP contribution in [-0.2, 0) is 6.42 Å². The van der Waals surface area contributed by atoms with Gasteiger partial charge in [-0.05, 0) is 57.4 Å². The van der Waals surface area contributed by atoms with Crippen molar-refractivity contribution in [1.82, 2.24) is 5.32 Å². The molecule has 0 spiro atoms. The predicted molar refractivity (Wildman–Crippen MR) is 97.2 cm³/mol. The molecule has 0 fully saturated rings. The van der Waals surface area contributed by atoms with Crippen LogP contribution in [0.15, 0.2) is 28.7 Å². The minimum Gasteiger partial charge on any atom is -0.312 e. The number of hydrogen-bond donors (Lipinski definition) is 1. The average Bonchev–Trinajstić information content (AvgIpc) is 2.26. The lowest BCUT2D eigenvalue weighted by Crippen LogP contribution is -2.41. The van der Waals surface area contributed by atoms with Gasteiger partial charge in [0, 0.05) is 18.1 Å². The maximum atomic E-state index is 3.69. The van der Waals surface area contributed by atoms with Gasteiger partial charge in [0.15, 0.2) is 0 Å². The van der Waals surface area contributed by atoms with Crippen LogP contribution in [0.1, 0.15) is 26.3 Å². The average molecular weight is 356 g/mol. The van der Waals surface area contributed by atoms with Crippen molar-refractivity contribution in [2.75, 3.05) is 6.54 Å². The lowest BCUT2D eigenvalue weighted by atomic mass is 9.99. The summed E-state index contributed by atoms with van der Waals surface area (Å²) in [7, 11) is -1.03. The van der Waals surface area contributed by atoms with Crippen LogP contribution in [0.4, 0.5) is 0 Å². The van der Waals surface area contributed by atoms with Gasteiger partial charge in [-0.3, -0.25) is 0 Å². The SMILES string of the molecule is CC(C)(C)NCC(Cc1ccc(Br)cc1)C[Si](C)(C)C. The van der Waals surface area contributed by atoms with Crippen molar-refractivity contribution in [3.8, 4) is 0 Å². The molecule has 114 valence electrons. The first-order valence-electron chi connectivity index (χ1n) is 7.55. The third-order valence-corrected chi connectivity index (χ3v) is 5.59. The molecule has 0 radical (unpaired) electrons. The van der Waals surface area contributed by atoms with E-state index >= 15 is 0 Å². The van der Waals surface area contributed by atoms with Crippen LogP contribution in [0, 0.1) is 5.92 Å². The van der Waals surface area contributed by atoms with E-state index in [0.29, 0.717) is 0 Å². The Bertz CT molecular complexity index is 400. The molecule has 0 aliphatic rings. The zero-order valence-electron chi connectivity index (χ0n) is 13.9. The topological polar surface area (TPSA) is 12.0 Å². The van der Waals surface area contributed by atoms with Gasteiger partial charge >= 0.3 is 0 Å². The van der Waals surface area contributed by atoms with Gasteiger partial charge in [0.2, 0.25) is 0 Å². The number of hydrogen-bond acceptors (Lipinski definition) is 1. The van der Waals surface area contributed by atoms with Gasteiger partial charge in [0.25, 0.3) is 0 Å². The number of nitrogens with one attached hydrogen (secondary N) is 1. The first-order valence-corrected chi connectivity index (χ1v) is 12.0. The maximum Gasteiger partial charge on any atom is 0.0446 e. The van der Waals surface area contributed by atoms with Crippen LogP contribution in [0.3, 0.4) is 0 Å². The molecule has 0 amide bonds. The summed E-state index contributed by atoms with van der Waals surface area (Å²) in [6.45, 7) is 15.3. The molecule has 1 unspecified atom stereocenters. The highest BCUT2D eigenvalue weighted by Crippen LogP contribution is 2.22. The molecule has 3 heteroatoms. The fraction of sp³-hybridized carbons (Fsp3) is 0.647. The van der Waals surface area contributed by atoms with Crippen molar-refractivity contribution in [1.29, 1.82) is 0 Å². The Morgan fingerprint density at radius 2 is 1.65 bits per heavy atom. The molecule has 1 N–H and O–H groups in total. The fourth-order valence-electron chi connectivity index (χ4n) is 2.49. The number of halogens is 1. The lowest BCUT2D eigenvalue weighted by molar-refractivity contribution is 0.380. The van der Waals surface area contributed by atoms with Gasteiger partial charge in [0.05, 0.1) is 0 Å². The number of benzene rings is 1. The highest BCUT2D eigenvalue weighted by atomic mass is 79.9. The van der Waals surface area contributed by atoms with Crippen LogP contribution in [0.5, 0.6) is 0 Å². The van der Waals surface area contributed by atoms with Crippen molar-refractivity contribution in [2.24, 2.45) is 5.92 Å². The van der Waals surface area contributed by atoms with E-state index in [1.807, 2.05) is 0 Å². The minimum absolute atomic E-state index is 0.206. The Morgan fingerprint density at radius 3 is 2.10 bits per heavy atom. The molecular formula is C17H30BrNSi. The van der Waals surface area contributed by atoms with Crippen molar-refractivity contribution in [2.45, 2.75) is 58.4 Å². The molecule has 1 aromatic rings. The van der Waals surface area contributed by atoms with Gasteiger partial charge < -0.3 is 5.32 Å². The summed E-state index contributed by atoms with van der Waals surface area (Å²) in [5.74, 6) is 0.738. The second-order valence-corrected chi connectivity index (χ2v) is 14.5. The third kappa shape index (κ3) is 8.23.